The molecule has 160 valence electrons. The molecule has 2 aromatic rings. The number of nitrogens with one attached hydrogen (secondary N) is 2. The van der Waals surface area contributed by atoms with Gasteiger partial charge in [-0.2, -0.15) is 5.26 Å². The first kappa shape index (κ1) is 21.7. The topological polar surface area (TPSA) is 152 Å². The second-order valence-corrected chi connectivity index (χ2v) is 7.59. The Labute approximate surface area is 173 Å². The number of amides is 1. The van der Waals surface area contributed by atoms with Crippen LogP contribution >= 0.6 is 0 Å². The van der Waals surface area contributed by atoms with Gasteiger partial charge in [-0.15, -0.1) is 0 Å². The number of aliphatic hydroxyl groups excluding tert-OH is 2. The maximum absolute atomic E-state index is 12.5. The zero-order valence-corrected chi connectivity index (χ0v) is 16.9. The van der Waals surface area contributed by atoms with Crippen molar-refractivity contribution >= 4 is 22.5 Å². The lowest BCUT2D eigenvalue weighted by Crippen LogP contribution is -2.44. The van der Waals surface area contributed by atoms with E-state index >= 15 is 0 Å². The fraction of sp³-hybridized carbons (Fsp3) is 0.500. The Kier molecular flexibility index (Phi) is 6.36. The van der Waals surface area contributed by atoms with Crippen molar-refractivity contribution in [2.75, 3.05) is 38.3 Å². The summed E-state index contributed by atoms with van der Waals surface area (Å²) in [6, 6.07) is 3.51. The van der Waals surface area contributed by atoms with Crippen molar-refractivity contribution in [3.8, 4) is 6.07 Å². The first-order valence-corrected chi connectivity index (χ1v) is 9.65. The molecule has 1 aliphatic heterocycles. The van der Waals surface area contributed by atoms with Crippen LogP contribution in [0.5, 0.6) is 0 Å². The van der Waals surface area contributed by atoms with Gasteiger partial charge in [-0.3, -0.25) is 9.59 Å². The maximum atomic E-state index is 12.5. The predicted molar refractivity (Wildman–Crippen MR) is 109 cm³/mol. The summed E-state index contributed by atoms with van der Waals surface area (Å²) in [6.07, 6.45) is 1.75. The van der Waals surface area contributed by atoms with Crippen LogP contribution in [0.1, 0.15) is 35.8 Å². The number of fused-ring (bicyclic) bond motifs is 1. The van der Waals surface area contributed by atoms with E-state index in [4.69, 9.17) is 9.84 Å². The number of carbonyl (C=O) groups is 1. The SMILES string of the molecule is COC1(C)CCN(c2c(C#N)c(=O)[nH]c3cnc(C(=O)NCC(O)CO)cc23)CC1. The fourth-order valence-corrected chi connectivity index (χ4v) is 3.51. The Bertz CT molecular complexity index is 1040. The standard InChI is InChI=1S/C20H25N5O5/c1-20(30-2)3-5-25(6-4-20)17-13-7-15(19(29)23-9-12(27)11-26)22-10-16(13)24-18(28)14(17)8-21/h7,10,12,26-27H,3-6,9,11H2,1-2H3,(H,23,29)(H,24,28). The predicted octanol–water partition coefficient (Wildman–Crippen LogP) is -0.117. The monoisotopic (exact) mass is 415 g/mol. The number of ether oxygens (including phenoxy) is 1. The van der Waals surface area contributed by atoms with E-state index in [0.717, 1.165) is 12.8 Å². The average Bonchev–Trinajstić information content (AvgIpc) is 2.76. The molecule has 0 aliphatic carbocycles. The molecule has 1 saturated heterocycles. The van der Waals surface area contributed by atoms with Crippen LogP contribution in [-0.4, -0.2) is 71.1 Å². The van der Waals surface area contributed by atoms with E-state index in [1.807, 2.05) is 17.9 Å². The number of hydrogen-bond donors (Lipinski definition) is 4. The fourth-order valence-electron chi connectivity index (χ4n) is 3.51. The second kappa shape index (κ2) is 8.79. The van der Waals surface area contributed by atoms with Gasteiger partial charge in [0.25, 0.3) is 11.5 Å². The van der Waals surface area contributed by atoms with Gasteiger partial charge in [-0.25, -0.2) is 4.98 Å². The van der Waals surface area contributed by atoms with Crippen LogP contribution in [0.15, 0.2) is 17.1 Å². The number of nitrogens with zero attached hydrogens (tertiary/aromatic N) is 3. The van der Waals surface area contributed by atoms with Crippen LogP contribution in [0.2, 0.25) is 0 Å². The molecule has 3 rings (SSSR count). The summed E-state index contributed by atoms with van der Waals surface area (Å²) in [5.41, 5.74) is 0.174. The molecule has 1 unspecified atom stereocenters. The minimum atomic E-state index is -1.07. The van der Waals surface area contributed by atoms with Gasteiger partial charge in [-0.05, 0) is 25.8 Å². The highest BCUT2D eigenvalue weighted by Gasteiger charge is 2.32. The summed E-state index contributed by atoms with van der Waals surface area (Å²) < 4.78 is 5.58. The number of H-pyrrole nitrogens is 1. The van der Waals surface area contributed by atoms with Gasteiger partial charge in [0.2, 0.25) is 0 Å². The lowest BCUT2D eigenvalue weighted by atomic mass is 9.92. The normalized spacial score (nSPS) is 16.8. The molecule has 30 heavy (non-hydrogen) atoms. The first-order chi connectivity index (χ1) is 14.3. The number of aromatic amines is 1. The number of pyridine rings is 2. The Morgan fingerprint density at radius 2 is 2.20 bits per heavy atom. The van der Waals surface area contributed by atoms with Gasteiger partial charge in [0, 0.05) is 32.1 Å². The van der Waals surface area contributed by atoms with Crippen molar-refractivity contribution in [1.82, 2.24) is 15.3 Å². The molecule has 0 spiro atoms. The molecule has 0 saturated carbocycles. The molecule has 0 aromatic carbocycles. The van der Waals surface area contributed by atoms with Crippen LogP contribution in [0.3, 0.4) is 0 Å². The van der Waals surface area contributed by atoms with Crippen molar-refractivity contribution in [2.45, 2.75) is 31.5 Å². The molecule has 1 amide bonds. The lowest BCUT2D eigenvalue weighted by Gasteiger charge is -2.40. The van der Waals surface area contributed by atoms with Gasteiger partial charge in [0.05, 0.1) is 35.7 Å². The van der Waals surface area contributed by atoms with E-state index in [-0.39, 0.29) is 23.4 Å². The highest BCUT2D eigenvalue weighted by atomic mass is 16.5. The van der Waals surface area contributed by atoms with Crippen molar-refractivity contribution in [2.24, 2.45) is 0 Å². The molecule has 4 N–H and O–H groups in total. The molecule has 0 radical (unpaired) electrons. The lowest BCUT2D eigenvalue weighted by molar-refractivity contribution is -0.0132. The number of piperidine rings is 1. The van der Waals surface area contributed by atoms with Gasteiger partial charge < -0.3 is 30.2 Å². The average molecular weight is 415 g/mol. The highest BCUT2D eigenvalue weighted by molar-refractivity contribution is 6.00. The molecule has 2 aromatic heterocycles. The Morgan fingerprint density at radius 3 is 2.80 bits per heavy atom. The number of rotatable bonds is 6. The maximum Gasteiger partial charge on any atom is 0.269 e. The summed E-state index contributed by atoms with van der Waals surface area (Å²) in [7, 11) is 1.67. The molecular formula is C20H25N5O5. The van der Waals surface area contributed by atoms with Gasteiger partial charge in [-0.1, -0.05) is 0 Å². The Morgan fingerprint density at radius 1 is 1.50 bits per heavy atom. The van der Waals surface area contributed by atoms with E-state index < -0.39 is 24.2 Å². The Balaban J connectivity index is 2.02. The second-order valence-electron chi connectivity index (χ2n) is 7.59. The number of carbonyl (C=O) groups excluding carboxylic acids is 1. The summed E-state index contributed by atoms with van der Waals surface area (Å²) in [5, 5.41) is 31.0. The molecule has 1 fully saturated rings. The number of aromatic nitrogens is 2. The molecule has 10 heteroatoms. The zero-order chi connectivity index (χ0) is 21.9. The molecule has 3 heterocycles. The Hall–Kier alpha value is -3.00. The minimum Gasteiger partial charge on any atom is -0.394 e. The molecule has 0 bridgehead atoms. The number of hydrogen-bond acceptors (Lipinski definition) is 8. The number of nitriles is 1. The van der Waals surface area contributed by atoms with E-state index in [0.29, 0.717) is 29.7 Å². The van der Waals surface area contributed by atoms with E-state index in [1.165, 1.54) is 12.3 Å². The summed E-state index contributed by atoms with van der Waals surface area (Å²) in [5.74, 6) is -0.536. The van der Waals surface area contributed by atoms with E-state index in [9.17, 15) is 20.0 Å². The van der Waals surface area contributed by atoms with Crippen LogP contribution in [0.4, 0.5) is 5.69 Å². The molecule has 1 aliphatic rings. The molecular weight excluding hydrogens is 390 g/mol. The smallest absolute Gasteiger partial charge is 0.269 e. The minimum absolute atomic E-state index is 0.0169. The van der Waals surface area contributed by atoms with E-state index in [1.54, 1.807) is 7.11 Å². The third-order valence-electron chi connectivity index (χ3n) is 5.55. The molecule has 10 nitrogen and oxygen atoms in total. The number of anilines is 1. The number of aliphatic hydroxyl groups is 2. The van der Waals surface area contributed by atoms with Crippen molar-refractivity contribution in [1.29, 1.82) is 5.26 Å². The zero-order valence-electron chi connectivity index (χ0n) is 16.9. The summed E-state index contributed by atoms with van der Waals surface area (Å²) in [4.78, 5) is 33.6. The largest absolute Gasteiger partial charge is 0.394 e. The van der Waals surface area contributed by atoms with Crippen molar-refractivity contribution in [3.05, 3.63) is 33.9 Å². The molecule has 1 atom stereocenters. The van der Waals surface area contributed by atoms with E-state index in [2.05, 4.69) is 15.3 Å². The third-order valence-corrected chi connectivity index (χ3v) is 5.55. The first-order valence-electron chi connectivity index (χ1n) is 9.65. The number of methoxy groups -OCH3 is 1. The quantitative estimate of drug-likeness (QED) is 0.510. The van der Waals surface area contributed by atoms with Crippen LogP contribution in [0.25, 0.3) is 10.9 Å². The van der Waals surface area contributed by atoms with Crippen LogP contribution in [0, 0.1) is 11.3 Å². The van der Waals surface area contributed by atoms with Crippen LogP contribution in [-0.2, 0) is 4.74 Å². The third kappa shape index (κ3) is 4.28. The van der Waals surface area contributed by atoms with Gasteiger partial charge in [0.1, 0.15) is 17.3 Å². The van der Waals surface area contributed by atoms with Gasteiger partial charge >= 0.3 is 0 Å². The van der Waals surface area contributed by atoms with Crippen molar-refractivity contribution < 1.29 is 19.7 Å². The highest BCUT2D eigenvalue weighted by Crippen LogP contribution is 2.33. The van der Waals surface area contributed by atoms with Gasteiger partial charge in [0.15, 0.2) is 0 Å². The van der Waals surface area contributed by atoms with Crippen molar-refractivity contribution in [3.63, 3.8) is 0 Å². The van der Waals surface area contributed by atoms with Crippen LogP contribution < -0.4 is 15.8 Å². The summed E-state index contributed by atoms with van der Waals surface area (Å²) in [6.45, 7) is 2.60. The summed E-state index contributed by atoms with van der Waals surface area (Å²) >= 11 is 0.